The van der Waals surface area contributed by atoms with Crippen molar-refractivity contribution in [2.24, 2.45) is 0 Å². The van der Waals surface area contributed by atoms with Crippen LogP contribution in [0.2, 0.25) is 5.02 Å². The van der Waals surface area contributed by atoms with E-state index in [9.17, 15) is 17.9 Å². The van der Waals surface area contributed by atoms with Gasteiger partial charge in [0.2, 0.25) is 10.0 Å². The number of hydrogen-bond acceptors (Lipinski definition) is 4. The van der Waals surface area contributed by atoms with Crippen molar-refractivity contribution in [1.29, 1.82) is 0 Å². The highest BCUT2D eigenvalue weighted by Crippen LogP contribution is 2.34. The van der Waals surface area contributed by atoms with E-state index in [2.05, 4.69) is 0 Å². The maximum Gasteiger partial charge on any atom is 0.246 e. The predicted octanol–water partition coefficient (Wildman–Crippen LogP) is 1.60. The number of rotatable bonds is 4. The average molecular weight is 323 g/mol. The summed E-state index contributed by atoms with van der Waals surface area (Å²) in [6.45, 7) is 1.80. The Labute approximate surface area is 122 Å². The van der Waals surface area contributed by atoms with Crippen molar-refractivity contribution in [3.8, 4) is 0 Å². The van der Waals surface area contributed by atoms with E-state index < -0.39 is 26.3 Å². The third kappa shape index (κ3) is 2.63. The molecule has 112 valence electrons. The van der Waals surface area contributed by atoms with Crippen molar-refractivity contribution < 1.29 is 17.9 Å². The minimum absolute atomic E-state index is 0.0466. The van der Waals surface area contributed by atoms with Gasteiger partial charge in [-0.25, -0.2) is 12.8 Å². The lowest BCUT2D eigenvalue weighted by atomic mass is 9.92. The van der Waals surface area contributed by atoms with Crippen LogP contribution in [0.4, 0.5) is 10.1 Å². The van der Waals surface area contributed by atoms with Gasteiger partial charge in [0.15, 0.2) is 5.82 Å². The Morgan fingerprint density at radius 3 is 2.65 bits per heavy atom. The first-order chi connectivity index (χ1) is 9.19. The number of anilines is 1. The topological polar surface area (TPSA) is 83.6 Å². The third-order valence-electron chi connectivity index (χ3n) is 3.31. The first-order valence-corrected chi connectivity index (χ1v) is 7.98. The highest BCUT2D eigenvalue weighted by Gasteiger charge is 2.47. The van der Waals surface area contributed by atoms with E-state index in [1.165, 1.54) is 0 Å². The molecule has 1 aliphatic heterocycles. The Balaban J connectivity index is 2.30. The summed E-state index contributed by atoms with van der Waals surface area (Å²) < 4.78 is 39.5. The number of nitrogens with two attached hydrogens (primary N) is 1. The Bertz CT molecular complexity index is 630. The molecule has 1 aromatic rings. The van der Waals surface area contributed by atoms with Crippen molar-refractivity contribution in [2.45, 2.75) is 30.3 Å². The third-order valence-corrected chi connectivity index (χ3v) is 5.32. The minimum Gasteiger partial charge on any atom is -0.396 e. The number of nitrogens with zero attached hydrogens (tertiary/aromatic N) is 1. The Morgan fingerprint density at radius 1 is 1.50 bits per heavy atom. The van der Waals surface area contributed by atoms with Gasteiger partial charge in [-0.3, -0.25) is 0 Å². The first kappa shape index (κ1) is 15.5. The highest BCUT2D eigenvalue weighted by molar-refractivity contribution is 7.89. The number of nitrogen functional groups attached to an aromatic ring is 1. The molecule has 0 aromatic heterocycles. The number of aliphatic hydroxyl groups is 1. The van der Waals surface area contributed by atoms with Crippen LogP contribution < -0.4 is 5.73 Å². The summed E-state index contributed by atoms with van der Waals surface area (Å²) in [4.78, 5) is -0.555. The molecular formula is C12H16ClFN2O3S. The van der Waals surface area contributed by atoms with E-state index >= 15 is 0 Å². The summed E-state index contributed by atoms with van der Waals surface area (Å²) in [6, 6.07) is 2.18. The standard InChI is InChI=1S/C12H16ClFN2O3S/c1-2-3-12(17)6-16(7-12)20(18,19)10-5-8(13)4-9(15)11(10)14/h4-5,17H,2-3,6-7,15H2,1H3. The normalized spacial score (nSPS) is 18.8. The number of benzene rings is 1. The molecule has 3 N–H and O–H groups in total. The van der Waals surface area contributed by atoms with E-state index in [1.54, 1.807) is 0 Å². The van der Waals surface area contributed by atoms with Crippen molar-refractivity contribution in [2.75, 3.05) is 18.8 Å². The molecule has 5 nitrogen and oxygen atoms in total. The van der Waals surface area contributed by atoms with Crippen LogP contribution in [0.1, 0.15) is 19.8 Å². The second kappa shape index (κ2) is 5.14. The average Bonchev–Trinajstić information content (AvgIpc) is 2.30. The van der Waals surface area contributed by atoms with Crippen LogP contribution >= 0.6 is 11.6 Å². The van der Waals surface area contributed by atoms with Crippen LogP contribution in [0.15, 0.2) is 17.0 Å². The van der Waals surface area contributed by atoms with E-state index in [-0.39, 0.29) is 23.8 Å². The molecule has 1 aliphatic rings. The lowest BCUT2D eigenvalue weighted by molar-refractivity contribution is -0.0653. The SMILES string of the molecule is CCCC1(O)CN(S(=O)(=O)c2cc(Cl)cc(N)c2F)C1. The summed E-state index contributed by atoms with van der Waals surface area (Å²) in [7, 11) is -4.03. The molecule has 1 fully saturated rings. The van der Waals surface area contributed by atoms with Gasteiger partial charge >= 0.3 is 0 Å². The molecular weight excluding hydrogens is 307 g/mol. The zero-order chi connectivity index (χ0) is 15.1. The summed E-state index contributed by atoms with van der Waals surface area (Å²) in [5.74, 6) is -1.01. The van der Waals surface area contributed by atoms with Crippen molar-refractivity contribution in [3.63, 3.8) is 0 Å². The predicted molar refractivity (Wildman–Crippen MR) is 74.4 cm³/mol. The Hall–Kier alpha value is -0.890. The Kier molecular flexibility index (Phi) is 3.98. The smallest absolute Gasteiger partial charge is 0.246 e. The van der Waals surface area contributed by atoms with Crippen LogP contribution in [0.3, 0.4) is 0 Å². The van der Waals surface area contributed by atoms with Crippen LogP contribution in [-0.2, 0) is 10.0 Å². The second-order valence-corrected chi connectivity index (χ2v) is 7.40. The monoisotopic (exact) mass is 322 g/mol. The van der Waals surface area contributed by atoms with Gasteiger partial charge in [0.05, 0.1) is 11.3 Å². The van der Waals surface area contributed by atoms with Gasteiger partial charge in [-0.05, 0) is 18.6 Å². The van der Waals surface area contributed by atoms with Gasteiger partial charge in [-0.2, -0.15) is 4.31 Å². The Morgan fingerprint density at radius 2 is 2.10 bits per heavy atom. The van der Waals surface area contributed by atoms with Gasteiger partial charge in [-0.15, -0.1) is 0 Å². The van der Waals surface area contributed by atoms with E-state index in [1.807, 2.05) is 6.92 Å². The van der Waals surface area contributed by atoms with E-state index in [4.69, 9.17) is 17.3 Å². The molecule has 1 aromatic carbocycles. The molecule has 0 aliphatic carbocycles. The number of hydrogen-bond donors (Lipinski definition) is 2. The van der Waals surface area contributed by atoms with Crippen LogP contribution in [0.5, 0.6) is 0 Å². The van der Waals surface area contributed by atoms with Crippen molar-refractivity contribution in [3.05, 3.63) is 23.0 Å². The van der Waals surface area contributed by atoms with Crippen molar-refractivity contribution in [1.82, 2.24) is 4.31 Å². The molecule has 0 bridgehead atoms. The largest absolute Gasteiger partial charge is 0.396 e. The fraction of sp³-hybridized carbons (Fsp3) is 0.500. The molecule has 0 atom stereocenters. The van der Waals surface area contributed by atoms with E-state index in [0.29, 0.717) is 6.42 Å². The van der Waals surface area contributed by atoms with Gasteiger partial charge in [-0.1, -0.05) is 24.9 Å². The molecule has 1 heterocycles. The number of halogens is 2. The molecule has 0 unspecified atom stereocenters. The summed E-state index contributed by atoms with van der Waals surface area (Å²) in [5, 5.41) is 10.1. The molecule has 8 heteroatoms. The summed E-state index contributed by atoms with van der Waals surface area (Å²) in [6.07, 6.45) is 1.24. The quantitative estimate of drug-likeness (QED) is 0.825. The highest BCUT2D eigenvalue weighted by atomic mass is 35.5. The molecule has 20 heavy (non-hydrogen) atoms. The molecule has 0 saturated carbocycles. The van der Waals surface area contributed by atoms with Crippen LogP contribution in [0, 0.1) is 5.82 Å². The summed E-state index contributed by atoms with van der Waals surface area (Å²) in [5.41, 5.74) is 4.04. The molecule has 1 saturated heterocycles. The minimum atomic E-state index is -4.03. The maximum absolute atomic E-state index is 13.9. The van der Waals surface area contributed by atoms with Gasteiger partial charge in [0.25, 0.3) is 0 Å². The summed E-state index contributed by atoms with van der Waals surface area (Å²) >= 11 is 5.72. The molecule has 0 radical (unpaired) electrons. The van der Waals surface area contributed by atoms with Gasteiger partial charge in [0.1, 0.15) is 4.90 Å². The fourth-order valence-electron chi connectivity index (χ4n) is 2.31. The van der Waals surface area contributed by atoms with Crippen LogP contribution in [-0.4, -0.2) is 36.5 Å². The lowest BCUT2D eigenvalue weighted by Gasteiger charge is -2.45. The van der Waals surface area contributed by atoms with Gasteiger partial charge < -0.3 is 10.8 Å². The number of β-amino-alcohol motifs (C(OH)–C–C–N with tert-alkyl or cyclic N) is 1. The number of sulfonamides is 1. The molecule has 0 spiro atoms. The first-order valence-electron chi connectivity index (χ1n) is 6.17. The lowest BCUT2D eigenvalue weighted by Crippen LogP contribution is -2.63. The van der Waals surface area contributed by atoms with E-state index in [0.717, 1.165) is 22.9 Å². The fourth-order valence-corrected chi connectivity index (χ4v) is 4.33. The molecule has 2 rings (SSSR count). The molecule has 0 amide bonds. The zero-order valence-corrected chi connectivity index (χ0v) is 12.5. The maximum atomic E-state index is 13.9. The van der Waals surface area contributed by atoms with Crippen molar-refractivity contribution >= 4 is 27.3 Å². The van der Waals surface area contributed by atoms with Gasteiger partial charge in [0, 0.05) is 18.1 Å². The van der Waals surface area contributed by atoms with Crippen LogP contribution in [0.25, 0.3) is 0 Å². The second-order valence-electron chi connectivity index (χ2n) is 5.05. The zero-order valence-electron chi connectivity index (χ0n) is 10.9.